The zero-order valence-electron chi connectivity index (χ0n) is 12.6. The summed E-state index contributed by atoms with van der Waals surface area (Å²) in [7, 11) is 0. The zero-order chi connectivity index (χ0) is 13.8. The number of hydrogen-bond donors (Lipinski definition) is 1. The molecule has 1 aromatic rings. The van der Waals surface area contributed by atoms with E-state index in [1.165, 1.54) is 51.4 Å². The number of aryl methyl sites for hydroxylation is 1. The van der Waals surface area contributed by atoms with Crippen molar-refractivity contribution < 1.29 is 4.42 Å². The second-order valence-electron chi connectivity index (χ2n) is 5.64. The molecule has 1 heterocycles. The van der Waals surface area contributed by atoms with Crippen molar-refractivity contribution in [2.75, 3.05) is 0 Å². The minimum Gasteiger partial charge on any atom is -0.469 e. The van der Waals surface area contributed by atoms with Crippen LogP contribution in [0.25, 0.3) is 0 Å². The highest BCUT2D eigenvalue weighted by molar-refractivity contribution is 4.98. The number of furan rings is 1. The van der Waals surface area contributed by atoms with Gasteiger partial charge in [0.15, 0.2) is 0 Å². The molecule has 0 bridgehead atoms. The Kier molecular flexibility index (Phi) is 9.52. The predicted octanol–water partition coefficient (Wildman–Crippen LogP) is 5.07. The molecule has 0 aliphatic heterocycles. The van der Waals surface area contributed by atoms with E-state index in [1.54, 1.807) is 6.26 Å². The van der Waals surface area contributed by atoms with E-state index < -0.39 is 0 Å². The fourth-order valence-electron chi connectivity index (χ4n) is 2.47. The summed E-state index contributed by atoms with van der Waals surface area (Å²) in [6, 6.07) is 4.31. The van der Waals surface area contributed by atoms with Crippen molar-refractivity contribution in [2.45, 2.75) is 83.6 Å². The first-order valence-corrected chi connectivity index (χ1v) is 8.11. The Morgan fingerprint density at radius 2 is 1.68 bits per heavy atom. The summed E-state index contributed by atoms with van der Waals surface area (Å²) in [5.41, 5.74) is 6.13. The monoisotopic (exact) mass is 265 g/mol. The molecule has 110 valence electrons. The maximum absolute atomic E-state index is 6.13. The second kappa shape index (κ2) is 11.1. The normalized spacial score (nSPS) is 12.7. The van der Waals surface area contributed by atoms with Crippen LogP contribution in [0.5, 0.6) is 0 Å². The minimum atomic E-state index is 0.338. The van der Waals surface area contributed by atoms with E-state index in [9.17, 15) is 0 Å². The Hall–Kier alpha value is -0.760. The topological polar surface area (TPSA) is 39.2 Å². The lowest BCUT2D eigenvalue weighted by molar-refractivity contribution is 0.464. The van der Waals surface area contributed by atoms with E-state index in [0.717, 1.165) is 25.0 Å². The quantitative estimate of drug-likeness (QED) is 0.536. The zero-order valence-corrected chi connectivity index (χ0v) is 12.6. The molecular weight excluding hydrogens is 234 g/mol. The molecule has 1 unspecified atom stereocenters. The lowest BCUT2D eigenvalue weighted by atomic mass is 10.0. The van der Waals surface area contributed by atoms with Gasteiger partial charge in [-0.3, -0.25) is 0 Å². The number of hydrogen-bond acceptors (Lipinski definition) is 2. The molecular formula is C17H31NO. The minimum absolute atomic E-state index is 0.338. The average Bonchev–Trinajstić information content (AvgIpc) is 2.93. The van der Waals surface area contributed by atoms with Gasteiger partial charge in [-0.25, -0.2) is 0 Å². The Balaban J connectivity index is 1.86. The Morgan fingerprint density at radius 3 is 2.32 bits per heavy atom. The van der Waals surface area contributed by atoms with Gasteiger partial charge in [0.1, 0.15) is 5.76 Å². The fourth-order valence-corrected chi connectivity index (χ4v) is 2.47. The second-order valence-corrected chi connectivity index (χ2v) is 5.64. The van der Waals surface area contributed by atoms with Gasteiger partial charge < -0.3 is 10.2 Å². The molecule has 2 N–H and O–H groups in total. The van der Waals surface area contributed by atoms with Gasteiger partial charge in [0.05, 0.1) is 6.26 Å². The average molecular weight is 265 g/mol. The van der Waals surface area contributed by atoms with Crippen LogP contribution in [0.2, 0.25) is 0 Å². The summed E-state index contributed by atoms with van der Waals surface area (Å²) in [5, 5.41) is 0. The maximum atomic E-state index is 6.13. The number of nitrogens with two attached hydrogens (primary N) is 1. The van der Waals surface area contributed by atoms with Gasteiger partial charge in [-0.15, -0.1) is 0 Å². The van der Waals surface area contributed by atoms with Crippen LogP contribution in [0.4, 0.5) is 0 Å². The van der Waals surface area contributed by atoms with Crippen LogP contribution in [0.3, 0.4) is 0 Å². The van der Waals surface area contributed by atoms with E-state index in [0.29, 0.717) is 6.04 Å². The highest BCUT2D eigenvalue weighted by atomic mass is 16.3. The van der Waals surface area contributed by atoms with Crippen LogP contribution in [0.15, 0.2) is 22.8 Å². The molecule has 0 fully saturated rings. The third-order valence-corrected chi connectivity index (χ3v) is 3.77. The highest BCUT2D eigenvalue weighted by Crippen LogP contribution is 2.12. The maximum Gasteiger partial charge on any atom is 0.103 e. The molecule has 2 nitrogen and oxygen atoms in total. The third-order valence-electron chi connectivity index (χ3n) is 3.77. The first-order valence-electron chi connectivity index (χ1n) is 8.11. The summed E-state index contributed by atoms with van der Waals surface area (Å²) in [6.07, 6.45) is 15.9. The van der Waals surface area contributed by atoms with Crippen LogP contribution in [0, 0.1) is 0 Å². The Bertz CT molecular complexity index is 281. The van der Waals surface area contributed by atoms with Gasteiger partial charge in [0.25, 0.3) is 0 Å². The molecule has 1 atom stereocenters. The van der Waals surface area contributed by atoms with Gasteiger partial charge in [-0.05, 0) is 25.0 Å². The number of rotatable bonds is 12. The van der Waals surface area contributed by atoms with Crippen molar-refractivity contribution in [1.29, 1.82) is 0 Å². The molecule has 1 rings (SSSR count). The molecule has 0 saturated heterocycles. The van der Waals surface area contributed by atoms with Gasteiger partial charge in [-0.2, -0.15) is 0 Å². The lowest BCUT2D eigenvalue weighted by Crippen LogP contribution is -2.20. The van der Waals surface area contributed by atoms with Crippen LogP contribution in [-0.4, -0.2) is 6.04 Å². The molecule has 19 heavy (non-hydrogen) atoms. The van der Waals surface area contributed by atoms with Crippen molar-refractivity contribution in [2.24, 2.45) is 5.73 Å². The predicted molar refractivity (Wildman–Crippen MR) is 82.2 cm³/mol. The molecule has 0 radical (unpaired) electrons. The smallest absolute Gasteiger partial charge is 0.103 e. The molecule has 0 aliphatic carbocycles. The van der Waals surface area contributed by atoms with Crippen LogP contribution in [0.1, 0.15) is 76.9 Å². The van der Waals surface area contributed by atoms with E-state index in [2.05, 4.69) is 6.92 Å². The summed E-state index contributed by atoms with van der Waals surface area (Å²) >= 11 is 0. The van der Waals surface area contributed by atoms with Crippen molar-refractivity contribution in [3.63, 3.8) is 0 Å². The molecule has 0 saturated carbocycles. The number of unbranched alkanes of at least 4 members (excludes halogenated alkanes) is 7. The van der Waals surface area contributed by atoms with Gasteiger partial charge in [-0.1, -0.05) is 58.3 Å². The lowest BCUT2D eigenvalue weighted by Gasteiger charge is -2.10. The largest absolute Gasteiger partial charge is 0.469 e. The summed E-state index contributed by atoms with van der Waals surface area (Å²) in [4.78, 5) is 0. The molecule has 2 heteroatoms. The first kappa shape index (κ1) is 16.3. The van der Waals surface area contributed by atoms with Crippen LogP contribution < -0.4 is 5.73 Å². The molecule has 0 amide bonds. The molecule has 1 aromatic heterocycles. The Morgan fingerprint density at radius 1 is 1.00 bits per heavy atom. The molecule has 0 aromatic carbocycles. The first-order chi connectivity index (χ1) is 9.33. The standard InChI is InChI=1S/C17H31NO/c1-2-3-4-5-6-7-8-9-11-16(18)13-14-17-12-10-15-19-17/h10,12,15-16H,2-9,11,13-14,18H2,1H3. The van der Waals surface area contributed by atoms with Crippen LogP contribution in [-0.2, 0) is 6.42 Å². The van der Waals surface area contributed by atoms with Crippen molar-refractivity contribution in [3.8, 4) is 0 Å². The summed E-state index contributed by atoms with van der Waals surface area (Å²) in [5.74, 6) is 1.06. The van der Waals surface area contributed by atoms with Crippen molar-refractivity contribution in [3.05, 3.63) is 24.2 Å². The fraction of sp³-hybridized carbons (Fsp3) is 0.765. The van der Waals surface area contributed by atoms with E-state index in [-0.39, 0.29) is 0 Å². The van der Waals surface area contributed by atoms with Crippen molar-refractivity contribution >= 4 is 0 Å². The van der Waals surface area contributed by atoms with E-state index in [4.69, 9.17) is 10.2 Å². The summed E-state index contributed by atoms with van der Waals surface area (Å²) < 4.78 is 5.32. The highest BCUT2D eigenvalue weighted by Gasteiger charge is 2.04. The summed E-state index contributed by atoms with van der Waals surface area (Å²) in [6.45, 7) is 2.27. The van der Waals surface area contributed by atoms with Gasteiger partial charge >= 0.3 is 0 Å². The SMILES string of the molecule is CCCCCCCCCCC(N)CCc1ccco1. The van der Waals surface area contributed by atoms with Gasteiger partial charge in [0, 0.05) is 12.5 Å². The third kappa shape index (κ3) is 8.88. The Labute approximate surface area is 118 Å². The van der Waals surface area contributed by atoms with Crippen LogP contribution >= 0.6 is 0 Å². The molecule has 0 aliphatic rings. The van der Waals surface area contributed by atoms with E-state index >= 15 is 0 Å². The van der Waals surface area contributed by atoms with E-state index in [1.807, 2.05) is 12.1 Å². The van der Waals surface area contributed by atoms with Crippen molar-refractivity contribution in [1.82, 2.24) is 0 Å². The molecule has 0 spiro atoms. The van der Waals surface area contributed by atoms with Gasteiger partial charge in [0.2, 0.25) is 0 Å².